The van der Waals surface area contributed by atoms with Crippen LogP contribution in [0, 0.1) is 22.7 Å². The van der Waals surface area contributed by atoms with E-state index in [1.165, 1.54) is 18.6 Å². The van der Waals surface area contributed by atoms with Gasteiger partial charge in [-0.1, -0.05) is 40.7 Å². The molecule has 3 aliphatic rings. The second-order valence-corrected chi connectivity index (χ2v) is 12.3. The molecule has 1 aromatic carbocycles. The molecule has 3 N–H and O–H groups in total. The van der Waals surface area contributed by atoms with E-state index in [1.54, 1.807) is 11.0 Å². The lowest BCUT2D eigenvalue weighted by atomic mass is 9.70. The van der Waals surface area contributed by atoms with Gasteiger partial charge < -0.3 is 25.2 Å². The summed E-state index contributed by atoms with van der Waals surface area (Å²) in [5.74, 6) is -0.890. The van der Waals surface area contributed by atoms with Gasteiger partial charge in [0.2, 0.25) is 11.8 Å². The first-order valence-corrected chi connectivity index (χ1v) is 13.7. The van der Waals surface area contributed by atoms with Crippen LogP contribution in [0.4, 0.5) is 0 Å². The molecule has 5 atom stereocenters. The van der Waals surface area contributed by atoms with Crippen molar-refractivity contribution in [3.05, 3.63) is 23.8 Å². The average molecular weight is 515 g/mol. The number of aromatic hydroxyl groups is 2. The number of fused-ring (bicyclic) bond motifs is 2. The summed E-state index contributed by atoms with van der Waals surface area (Å²) in [5, 5.41) is 22.0. The van der Waals surface area contributed by atoms with Crippen LogP contribution < -0.4 is 5.32 Å². The summed E-state index contributed by atoms with van der Waals surface area (Å²) in [7, 11) is 0. The van der Waals surface area contributed by atoms with Gasteiger partial charge in [0.15, 0.2) is 11.5 Å². The minimum Gasteiger partial charge on any atom is -0.504 e. The summed E-state index contributed by atoms with van der Waals surface area (Å²) in [5.41, 5.74) is 0.802. The van der Waals surface area contributed by atoms with Crippen molar-refractivity contribution < 1.29 is 29.3 Å². The Bertz CT molecular complexity index is 1050. The molecule has 8 heteroatoms. The number of likely N-dealkylation sites (tertiary alicyclic amines) is 1. The van der Waals surface area contributed by atoms with Crippen molar-refractivity contribution in [1.29, 1.82) is 0 Å². The van der Waals surface area contributed by atoms with Crippen molar-refractivity contribution >= 4 is 17.8 Å². The van der Waals surface area contributed by atoms with Gasteiger partial charge in [-0.2, -0.15) is 0 Å². The molecule has 204 valence electrons. The van der Waals surface area contributed by atoms with Crippen molar-refractivity contribution in [2.45, 2.75) is 97.8 Å². The standard InChI is InChI=1S/C29H42N2O6/c1-17(2)25(30-24(34)11-9-18-8-10-21(32)22(33)15-18)26(35)31-14-6-7-20(31)27(36)37-23-16-19-12-13-29(23,5)28(19,3)4/h8,10,15,17,19-20,23,25,32-33H,6-7,9,11-14,16H2,1-5H3,(H,30,34)/t19?,20?,23?,25-,29?/m0/s1. The maximum atomic E-state index is 13.6. The molecule has 4 rings (SSSR count). The molecule has 4 unspecified atom stereocenters. The van der Waals surface area contributed by atoms with E-state index in [1.807, 2.05) is 13.8 Å². The summed E-state index contributed by atoms with van der Waals surface area (Å²) in [6.07, 6.45) is 4.79. The molecule has 0 spiro atoms. The van der Waals surface area contributed by atoms with Crippen LogP contribution in [0.15, 0.2) is 18.2 Å². The van der Waals surface area contributed by atoms with Gasteiger partial charge in [0, 0.05) is 18.4 Å². The van der Waals surface area contributed by atoms with Crippen molar-refractivity contribution in [1.82, 2.24) is 10.2 Å². The van der Waals surface area contributed by atoms with Crippen LogP contribution in [0.2, 0.25) is 0 Å². The van der Waals surface area contributed by atoms with Crippen LogP contribution >= 0.6 is 0 Å². The fraction of sp³-hybridized carbons (Fsp3) is 0.690. The van der Waals surface area contributed by atoms with Gasteiger partial charge in [-0.15, -0.1) is 0 Å². The molecular formula is C29H42N2O6. The predicted octanol–water partition coefficient (Wildman–Crippen LogP) is 3.92. The molecule has 0 aromatic heterocycles. The number of nitrogens with zero attached hydrogens (tertiary/aromatic N) is 1. The summed E-state index contributed by atoms with van der Waals surface area (Å²) in [6.45, 7) is 11.0. The molecule has 0 radical (unpaired) electrons. The Labute approximate surface area is 219 Å². The quantitative estimate of drug-likeness (QED) is 0.358. The van der Waals surface area contributed by atoms with E-state index < -0.39 is 12.1 Å². The van der Waals surface area contributed by atoms with E-state index in [9.17, 15) is 24.6 Å². The van der Waals surface area contributed by atoms with Crippen molar-refractivity contribution in [2.24, 2.45) is 22.7 Å². The SMILES string of the molecule is CC(C)[C@H](NC(=O)CCc1ccc(O)c(O)c1)C(=O)N1CCCC1C(=O)OC1CC2CCC1(C)C2(C)C. The highest BCUT2D eigenvalue weighted by atomic mass is 16.5. The zero-order valence-corrected chi connectivity index (χ0v) is 22.8. The second kappa shape index (κ2) is 10.2. The minimum atomic E-state index is -0.743. The third kappa shape index (κ3) is 5.04. The number of hydrogen-bond acceptors (Lipinski definition) is 6. The molecular weight excluding hydrogens is 472 g/mol. The third-order valence-electron chi connectivity index (χ3n) is 9.71. The van der Waals surface area contributed by atoms with Gasteiger partial charge in [0.25, 0.3) is 0 Å². The Balaban J connectivity index is 1.37. The minimum absolute atomic E-state index is 0.0382. The number of esters is 1. The first kappa shape index (κ1) is 27.3. The first-order valence-electron chi connectivity index (χ1n) is 13.7. The largest absolute Gasteiger partial charge is 0.504 e. The number of carbonyl (C=O) groups excluding carboxylic acids is 3. The average Bonchev–Trinajstić information content (AvgIpc) is 3.46. The number of amides is 2. The molecule has 37 heavy (non-hydrogen) atoms. The van der Waals surface area contributed by atoms with Crippen LogP contribution in [-0.2, 0) is 25.5 Å². The highest BCUT2D eigenvalue weighted by Gasteiger charge is 2.63. The lowest BCUT2D eigenvalue weighted by Gasteiger charge is -2.39. The van der Waals surface area contributed by atoms with Gasteiger partial charge in [-0.25, -0.2) is 4.79 Å². The number of phenolic OH excluding ortho intramolecular Hbond substituents is 2. The van der Waals surface area contributed by atoms with E-state index in [0.717, 1.165) is 19.3 Å². The molecule has 3 fully saturated rings. The van der Waals surface area contributed by atoms with Crippen LogP contribution in [0.1, 0.15) is 78.7 Å². The summed E-state index contributed by atoms with van der Waals surface area (Å²) >= 11 is 0. The normalized spacial score (nSPS) is 28.9. The van der Waals surface area contributed by atoms with Gasteiger partial charge in [-0.3, -0.25) is 9.59 Å². The maximum Gasteiger partial charge on any atom is 0.329 e. The maximum absolute atomic E-state index is 13.6. The number of nitrogens with one attached hydrogen (secondary N) is 1. The predicted molar refractivity (Wildman–Crippen MR) is 139 cm³/mol. The number of ether oxygens (including phenoxy) is 1. The zero-order valence-electron chi connectivity index (χ0n) is 22.8. The molecule has 2 saturated carbocycles. The van der Waals surface area contributed by atoms with E-state index in [-0.39, 0.29) is 58.6 Å². The van der Waals surface area contributed by atoms with Gasteiger partial charge in [0.1, 0.15) is 18.2 Å². The Morgan fingerprint density at radius 2 is 1.86 bits per heavy atom. The Kier molecular flexibility index (Phi) is 7.50. The highest BCUT2D eigenvalue weighted by Crippen LogP contribution is 2.66. The molecule has 2 amide bonds. The molecule has 1 aliphatic heterocycles. The fourth-order valence-electron chi connectivity index (χ4n) is 6.72. The number of aryl methyl sites for hydroxylation is 1. The smallest absolute Gasteiger partial charge is 0.329 e. The number of hydrogen-bond donors (Lipinski definition) is 3. The fourth-order valence-corrected chi connectivity index (χ4v) is 6.72. The molecule has 8 nitrogen and oxygen atoms in total. The lowest BCUT2D eigenvalue weighted by Crippen LogP contribution is -2.54. The highest BCUT2D eigenvalue weighted by molar-refractivity contribution is 5.91. The number of phenols is 2. The van der Waals surface area contributed by atoms with Crippen LogP contribution in [-0.4, -0.2) is 57.6 Å². The van der Waals surface area contributed by atoms with Gasteiger partial charge >= 0.3 is 5.97 Å². The summed E-state index contributed by atoms with van der Waals surface area (Å²) < 4.78 is 6.12. The van der Waals surface area contributed by atoms with Gasteiger partial charge in [0.05, 0.1) is 0 Å². The monoisotopic (exact) mass is 514 g/mol. The lowest BCUT2D eigenvalue weighted by molar-refractivity contribution is -0.165. The number of rotatable bonds is 8. The van der Waals surface area contributed by atoms with Crippen LogP contribution in [0.3, 0.4) is 0 Å². The van der Waals surface area contributed by atoms with Crippen molar-refractivity contribution in [2.75, 3.05) is 6.54 Å². The van der Waals surface area contributed by atoms with Gasteiger partial charge in [-0.05, 0) is 73.5 Å². The van der Waals surface area contributed by atoms with E-state index in [4.69, 9.17) is 4.74 Å². The Morgan fingerprint density at radius 3 is 2.46 bits per heavy atom. The van der Waals surface area contributed by atoms with Crippen LogP contribution in [0.5, 0.6) is 11.5 Å². The molecule has 1 aromatic rings. The molecule has 2 bridgehead atoms. The Morgan fingerprint density at radius 1 is 1.14 bits per heavy atom. The molecule has 1 saturated heterocycles. The first-order chi connectivity index (χ1) is 17.3. The van der Waals surface area contributed by atoms with Crippen LogP contribution in [0.25, 0.3) is 0 Å². The second-order valence-electron chi connectivity index (χ2n) is 12.3. The third-order valence-corrected chi connectivity index (χ3v) is 9.71. The summed E-state index contributed by atoms with van der Waals surface area (Å²) in [4.78, 5) is 41.2. The molecule has 1 heterocycles. The van der Waals surface area contributed by atoms with Crippen molar-refractivity contribution in [3.63, 3.8) is 0 Å². The molecule has 2 aliphatic carbocycles. The van der Waals surface area contributed by atoms with E-state index >= 15 is 0 Å². The zero-order chi connectivity index (χ0) is 27.1. The Hall–Kier alpha value is -2.77. The number of carbonyl (C=O) groups is 3. The topological polar surface area (TPSA) is 116 Å². The van der Waals surface area contributed by atoms with E-state index in [2.05, 4.69) is 26.1 Å². The van der Waals surface area contributed by atoms with Crippen molar-refractivity contribution in [3.8, 4) is 11.5 Å². The summed E-state index contributed by atoms with van der Waals surface area (Å²) in [6, 6.07) is 3.09. The number of benzene rings is 1. The van der Waals surface area contributed by atoms with E-state index in [0.29, 0.717) is 30.9 Å².